The molecule has 0 spiro atoms. The number of hydrogen-bond donors (Lipinski definition) is 0. The smallest absolute Gasteiger partial charge is 0.0724 e. The van der Waals surface area contributed by atoms with Crippen molar-refractivity contribution in [2.45, 2.75) is 13.2 Å². The van der Waals surface area contributed by atoms with Gasteiger partial charge in [-0.2, -0.15) is 0 Å². The van der Waals surface area contributed by atoms with Gasteiger partial charge in [0, 0.05) is 22.3 Å². The molecule has 0 saturated carbocycles. The Morgan fingerprint density at radius 3 is 1.93 bits per heavy atom. The van der Waals surface area contributed by atoms with Gasteiger partial charge in [-0.05, 0) is 45.9 Å². The van der Waals surface area contributed by atoms with Gasteiger partial charge in [0.1, 0.15) is 0 Å². The Labute approximate surface area is 106 Å². The van der Waals surface area contributed by atoms with Crippen molar-refractivity contribution in [3.8, 4) is 0 Å². The summed E-state index contributed by atoms with van der Waals surface area (Å²) in [5.41, 5.74) is 2.32. The second-order valence-corrected chi connectivity index (χ2v) is 4.94. The van der Waals surface area contributed by atoms with E-state index in [4.69, 9.17) is 9.47 Å². The molecule has 0 N–H and O–H groups in total. The molecule has 1 aromatic carbocycles. The van der Waals surface area contributed by atoms with E-state index in [0.29, 0.717) is 13.2 Å². The second-order valence-electron chi connectivity index (χ2n) is 2.90. The molecule has 0 saturated heterocycles. The summed E-state index contributed by atoms with van der Waals surface area (Å²) in [5, 5.41) is 0. The van der Waals surface area contributed by atoms with Gasteiger partial charge in [-0.3, -0.25) is 0 Å². The van der Waals surface area contributed by atoms with Gasteiger partial charge >= 0.3 is 0 Å². The van der Waals surface area contributed by atoms with E-state index in [1.54, 1.807) is 14.2 Å². The van der Waals surface area contributed by atoms with E-state index in [9.17, 15) is 0 Å². The van der Waals surface area contributed by atoms with Crippen LogP contribution >= 0.6 is 38.5 Å². The molecule has 0 aliphatic carbocycles. The van der Waals surface area contributed by atoms with Crippen LogP contribution in [0.4, 0.5) is 0 Å². The molecule has 0 fully saturated rings. The molecule has 0 atom stereocenters. The number of benzene rings is 1. The van der Waals surface area contributed by atoms with Crippen LogP contribution in [0.1, 0.15) is 11.1 Å². The number of halogens is 2. The summed E-state index contributed by atoms with van der Waals surface area (Å²) in [6, 6.07) is 4.21. The Balaban J connectivity index is 3.04. The molecule has 1 aromatic rings. The van der Waals surface area contributed by atoms with Crippen molar-refractivity contribution >= 4 is 38.5 Å². The zero-order chi connectivity index (χ0) is 10.6. The monoisotopic (exact) mass is 370 g/mol. The highest BCUT2D eigenvalue weighted by Gasteiger charge is 2.07. The van der Waals surface area contributed by atoms with Gasteiger partial charge in [-0.25, -0.2) is 0 Å². The molecule has 0 amide bonds. The van der Waals surface area contributed by atoms with Gasteiger partial charge in [0.2, 0.25) is 0 Å². The van der Waals surface area contributed by atoms with Crippen LogP contribution in [0.2, 0.25) is 0 Å². The first-order valence-electron chi connectivity index (χ1n) is 4.13. The lowest BCUT2D eigenvalue weighted by Crippen LogP contribution is -1.97. The number of methoxy groups -OCH3 is 2. The predicted molar refractivity (Wildman–Crippen MR) is 68.3 cm³/mol. The van der Waals surface area contributed by atoms with E-state index in [0.717, 1.165) is 15.6 Å². The fourth-order valence-corrected chi connectivity index (χ4v) is 2.44. The van der Waals surface area contributed by atoms with Crippen LogP contribution in [0.5, 0.6) is 0 Å². The lowest BCUT2D eigenvalue weighted by molar-refractivity contribution is 0.179. The molecule has 0 unspecified atom stereocenters. The van der Waals surface area contributed by atoms with E-state index in [1.165, 1.54) is 3.57 Å². The van der Waals surface area contributed by atoms with Crippen LogP contribution in [0.25, 0.3) is 0 Å². The summed E-state index contributed by atoms with van der Waals surface area (Å²) < 4.78 is 12.5. The van der Waals surface area contributed by atoms with Crippen LogP contribution in [-0.4, -0.2) is 14.2 Å². The maximum absolute atomic E-state index is 5.12. The summed E-state index contributed by atoms with van der Waals surface area (Å²) in [6.45, 7) is 1.24. The summed E-state index contributed by atoms with van der Waals surface area (Å²) in [4.78, 5) is 0. The SMILES string of the molecule is COCc1cc(I)cc(COC)c1Br. The second kappa shape index (κ2) is 6.05. The van der Waals surface area contributed by atoms with E-state index in [-0.39, 0.29) is 0 Å². The average Bonchev–Trinajstić information content (AvgIpc) is 2.14. The van der Waals surface area contributed by atoms with Crippen LogP contribution < -0.4 is 0 Å². The molecule has 0 aromatic heterocycles. The number of hydrogen-bond acceptors (Lipinski definition) is 2. The minimum atomic E-state index is 0.619. The molecule has 1 rings (SSSR count). The zero-order valence-corrected chi connectivity index (χ0v) is 11.9. The quantitative estimate of drug-likeness (QED) is 0.757. The van der Waals surface area contributed by atoms with E-state index in [2.05, 4.69) is 50.7 Å². The van der Waals surface area contributed by atoms with Gasteiger partial charge in [-0.1, -0.05) is 15.9 Å². The van der Waals surface area contributed by atoms with Gasteiger partial charge in [0.15, 0.2) is 0 Å². The Morgan fingerprint density at radius 2 is 1.57 bits per heavy atom. The van der Waals surface area contributed by atoms with E-state index in [1.807, 2.05) is 0 Å². The third-order valence-electron chi connectivity index (χ3n) is 1.79. The summed E-state index contributed by atoms with van der Waals surface area (Å²) in [6.07, 6.45) is 0. The maximum Gasteiger partial charge on any atom is 0.0724 e. The standard InChI is InChI=1S/C10H12BrIO2/c1-13-5-7-3-9(12)4-8(6-14-2)10(7)11/h3-4H,5-6H2,1-2H3. The van der Waals surface area contributed by atoms with Crippen molar-refractivity contribution in [3.05, 3.63) is 31.3 Å². The Morgan fingerprint density at radius 1 is 1.14 bits per heavy atom. The highest BCUT2D eigenvalue weighted by molar-refractivity contribution is 14.1. The molecule has 2 nitrogen and oxygen atoms in total. The van der Waals surface area contributed by atoms with Gasteiger partial charge in [0.05, 0.1) is 13.2 Å². The van der Waals surface area contributed by atoms with Crippen LogP contribution in [0, 0.1) is 3.57 Å². The summed E-state index contributed by atoms with van der Waals surface area (Å²) in [7, 11) is 3.39. The minimum Gasteiger partial charge on any atom is -0.380 e. The molecule has 0 aliphatic heterocycles. The largest absolute Gasteiger partial charge is 0.380 e. The van der Waals surface area contributed by atoms with Crippen LogP contribution in [0.15, 0.2) is 16.6 Å². The minimum absolute atomic E-state index is 0.619. The Bertz CT molecular complexity index is 288. The Hall–Kier alpha value is 0.350. The number of rotatable bonds is 4. The zero-order valence-electron chi connectivity index (χ0n) is 8.14. The Kier molecular flexibility index (Phi) is 5.36. The molecular formula is C10H12BrIO2. The lowest BCUT2D eigenvalue weighted by atomic mass is 10.1. The molecule has 14 heavy (non-hydrogen) atoms. The van der Waals surface area contributed by atoms with Crippen molar-refractivity contribution in [1.29, 1.82) is 0 Å². The molecule has 0 aliphatic rings. The van der Waals surface area contributed by atoms with Crippen molar-refractivity contribution in [2.75, 3.05) is 14.2 Å². The highest BCUT2D eigenvalue weighted by Crippen LogP contribution is 2.26. The normalized spacial score (nSPS) is 10.6. The first kappa shape index (κ1) is 12.4. The van der Waals surface area contributed by atoms with Crippen molar-refractivity contribution in [3.63, 3.8) is 0 Å². The van der Waals surface area contributed by atoms with Gasteiger partial charge < -0.3 is 9.47 Å². The van der Waals surface area contributed by atoms with E-state index >= 15 is 0 Å². The molecule has 0 radical (unpaired) electrons. The molecular weight excluding hydrogens is 359 g/mol. The molecule has 0 heterocycles. The van der Waals surface area contributed by atoms with Crippen molar-refractivity contribution < 1.29 is 9.47 Å². The van der Waals surface area contributed by atoms with Crippen molar-refractivity contribution in [1.82, 2.24) is 0 Å². The van der Waals surface area contributed by atoms with Crippen LogP contribution in [-0.2, 0) is 22.7 Å². The van der Waals surface area contributed by atoms with Crippen molar-refractivity contribution in [2.24, 2.45) is 0 Å². The van der Waals surface area contributed by atoms with Gasteiger partial charge in [-0.15, -0.1) is 0 Å². The highest BCUT2D eigenvalue weighted by atomic mass is 127. The molecule has 0 bridgehead atoms. The fourth-order valence-electron chi connectivity index (χ4n) is 1.23. The first-order valence-corrected chi connectivity index (χ1v) is 6.01. The summed E-state index contributed by atoms with van der Waals surface area (Å²) in [5.74, 6) is 0. The molecule has 78 valence electrons. The van der Waals surface area contributed by atoms with Gasteiger partial charge in [0.25, 0.3) is 0 Å². The third-order valence-corrected chi connectivity index (χ3v) is 3.43. The fraction of sp³-hybridized carbons (Fsp3) is 0.400. The third kappa shape index (κ3) is 3.18. The number of ether oxygens (including phenoxy) is 2. The average molecular weight is 371 g/mol. The van der Waals surface area contributed by atoms with Crippen LogP contribution in [0.3, 0.4) is 0 Å². The molecule has 4 heteroatoms. The summed E-state index contributed by atoms with van der Waals surface area (Å²) >= 11 is 5.85. The van der Waals surface area contributed by atoms with E-state index < -0.39 is 0 Å². The predicted octanol–water partition coefficient (Wildman–Crippen LogP) is 3.35. The first-order chi connectivity index (χ1) is 6.69. The maximum atomic E-state index is 5.12. The topological polar surface area (TPSA) is 18.5 Å². The lowest BCUT2D eigenvalue weighted by Gasteiger charge is -2.09.